The van der Waals surface area contributed by atoms with Gasteiger partial charge in [-0.05, 0) is 12.8 Å². The second kappa shape index (κ2) is 11.4. The Kier molecular flexibility index (Phi) is 9.12. The summed E-state index contributed by atoms with van der Waals surface area (Å²) in [5.41, 5.74) is 4.58. The van der Waals surface area contributed by atoms with E-state index < -0.39 is 29.9 Å². The van der Waals surface area contributed by atoms with Gasteiger partial charge in [-0.2, -0.15) is 13.2 Å². The zero-order chi connectivity index (χ0) is 23.9. The van der Waals surface area contributed by atoms with Crippen LogP contribution in [0.25, 0.3) is 0 Å². The first-order chi connectivity index (χ1) is 15.1. The number of halogens is 3. The van der Waals surface area contributed by atoms with Crippen molar-refractivity contribution in [3.05, 3.63) is 20.8 Å². The van der Waals surface area contributed by atoms with Gasteiger partial charge in [0.25, 0.3) is 5.56 Å². The Hall–Kier alpha value is -2.55. The van der Waals surface area contributed by atoms with Crippen LogP contribution in [-0.2, 0) is 11.3 Å². The molecule has 4 N–H and O–H groups in total. The molecule has 0 aromatic carbocycles. The van der Waals surface area contributed by atoms with E-state index in [1.807, 2.05) is 13.8 Å². The first-order valence-corrected chi connectivity index (χ1v) is 11.6. The fourth-order valence-corrected chi connectivity index (χ4v) is 4.30. The Balaban J connectivity index is 2.20. The number of nitrogens with one attached hydrogen (secondary N) is 2. The Morgan fingerprint density at radius 2 is 2.00 bits per heavy atom. The summed E-state index contributed by atoms with van der Waals surface area (Å²) in [6, 6.07) is 0. The van der Waals surface area contributed by atoms with Crippen LogP contribution in [-0.4, -0.2) is 50.7 Å². The summed E-state index contributed by atoms with van der Waals surface area (Å²) in [6.45, 7) is 3.00. The van der Waals surface area contributed by atoms with E-state index in [1.54, 1.807) is 0 Å². The van der Waals surface area contributed by atoms with Crippen molar-refractivity contribution >= 4 is 45.6 Å². The number of nitrogen functional groups attached to an aromatic ring is 1. The second-order valence-electron chi connectivity index (χ2n) is 6.67. The number of rotatable bonds is 11. The predicted molar refractivity (Wildman–Crippen MR) is 118 cm³/mol. The van der Waals surface area contributed by atoms with E-state index in [9.17, 15) is 27.6 Å². The number of thioether (sulfide) groups is 1. The van der Waals surface area contributed by atoms with E-state index in [1.165, 1.54) is 9.47 Å². The average molecular weight is 496 g/mol. The SMILES string of the molecule is CCCCN(C(=O)CSc1nnc(NCC(F)(F)F)s1)c1c(N)n(CCC)c(=O)[nH]c1=O. The Morgan fingerprint density at radius 1 is 1.28 bits per heavy atom. The number of hydrogen-bond acceptors (Lipinski definition) is 9. The lowest BCUT2D eigenvalue weighted by Gasteiger charge is -2.24. The average Bonchev–Trinajstić information content (AvgIpc) is 3.17. The lowest BCUT2D eigenvalue weighted by molar-refractivity contribution is -0.116. The smallest absolute Gasteiger partial charge is 0.383 e. The maximum absolute atomic E-state index is 12.9. The molecule has 1 amide bonds. The van der Waals surface area contributed by atoms with E-state index in [0.717, 1.165) is 29.5 Å². The quantitative estimate of drug-likeness (QED) is 0.404. The van der Waals surface area contributed by atoms with Crippen molar-refractivity contribution in [3.63, 3.8) is 0 Å². The van der Waals surface area contributed by atoms with Gasteiger partial charge in [0, 0.05) is 13.1 Å². The summed E-state index contributed by atoms with van der Waals surface area (Å²) in [6.07, 6.45) is -2.47. The third kappa shape index (κ3) is 6.98. The molecular formula is C17H24F3N7O3S2. The molecule has 2 aromatic rings. The summed E-state index contributed by atoms with van der Waals surface area (Å²) >= 11 is 1.86. The van der Waals surface area contributed by atoms with Crippen LogP contribution in [0.4, 0.5) is 29.8 Å². The molecule has 0 aliphatic carbocycles. The van der Waals surface area contributed by atoms with E-state index in [0.29, 0.717) is 12.8 Å². The monoisotopic (exact) mass is 495 g/mol. The number of nitrogens with two attached hydrogens (primary N) is 1. The van der Waals surface area contributed by atoms with E-state index in [4.69, 9.17) is 5.73 Å². The highest BCUT2D eigenvalue weighted by atomic mass is 32.2. The summed E-state index contributed by atoms with van der Waals surface area (Å²) in [4.78, 5) is 40.9. The summed E-state index contributed by atoms with van der Waals surface area (Å²) < 4.78 is 38.4. The largest absolute Gasteiger partial charge is 0.405 e. The topological polar surface area (TPSA) is 139 Å². The Bertz CT molecular complexity index is 1040. The van der Waals surface area contributed by atoms with Gasteiger partial charge >= 0.3 is 11.9 Å². The standard InChI is InChI=1S/C17H24F3N7O3S2/c1-3-5-7-26(11-12(21)27(6-4-2)15(30)23-13(11)29)10(28)8-31-16-25-24-14(32-16)22-9-17(18,19)20/h3-9,21H2,1-2H3,(H,22,24)(H,23,29,30). The number of unbranched alkanes of at least 4 members (excludes halogenated alkanes) is 1. The van der Waals surface area contributed by atoms with Crippen LogP contribution >= 0.6 is 23.1 Å². The number of aromatic nitrogens is 4. The maximum Gasteiger partial charge on any atom is 0.405 e. The summed E-state index contributed by atoms with van der Waals surface area (Å²) in [5, 5.41) is 9.48. The predicted octanol–water partition coefficient (Wildman–Crippen LogP) is 2.28. The molecule has 15 heteroatoms. The number of alkyl halides is 3. The van der Waals surface area contributed by atoms with Crippen LogP contribution in [0.1, 0.15) is 33.1 Å². The first kappa shape index (κ1) is 25.7. The molecule has 0 atom stereocenters. The molecule has 178 valence electrons. The van der Waals surface area contributed by atoms with Crippen molar-refractivity contribution in [2.75, 3.05) is 34.8 Å². The zero-order valence-corrected chi connectivity index (χ0v) is 19.1. The summed E-state index contributed by atoms with van der Waals surface area (Å²) in [7, 11) is 0. The summed E-state index contributed by atoms with van der Waals surface area (Å²) in [5.74, 6) is -0.699. The molecule has 2 rings (SSSR count). The van der Waals surface area contributed by atoms with Gasteiger partial charge in [-0.3, -0.25) is 19.1 Å². The molecule has 32 heavy (non-hydrogen) atoms. The molecule has 2 aromatic heterocycles. The van der Waals surface area contributed by atoms with E-state index >= 15 is 0 Å². The Labute approximate surface area is 189 Å². The molecule has 0 radical (unpaired) electrons. The van der Waals surface area contributed by atoms with Crippen LogP contribution in [0.5, 0.6) is 0 Å². The van der Waals surface area contributed by atoms with Crippen molar-refractivity contribution in [2.24, 2.45) is 0 Å². The normalized spacial score (nSPS) is 11.5. The van der Waals surface area contributed by atoms with Gasteiger partial charge in [-0.25, -0.2) is 4.79 Å². The molecule has 10 nitrogen and oxygen atoms in total. The van der Waals surface area contributed by atoms with Gasteiger partial charge in [0.2, 0.25) is 11.0 Å². The number of nitrogens with zero attached hydrogens (tertiary/aromatic N) is 4. The van der Waals surface area contributed by atoms with Gasteiger partial charge in [0.05, 0.1) is 5.75 Å². The van der Waals surface area contributed by atoms with Crippen molar-refractivity contribution in [1.82, 2.24) is 19.7 Å². The molecule has 0 aliphatic rings. The number of anilines is 3. The van der Waals surface area contributed by atoms with Crippen molar-refractivity contribution in [3.8, 4) is 0 Å². The third-order valence-corrected chi connectivity index (χ3v) is 6.13. The fraction of sp³-hybridized carbons (Fsp3) is 0.588. The lowest BCUT2D eigenvalue weighted by atomic mass is 10.2. The molecule has 2 heterocycles. The minimum atomic E-state index is -4.39. The number of carbonyl (C=O) groups excluding carboxylic acids is 1. The second-order valence-corrected chi connectivity index (χ2v) is 8.87. The fourth-order valence-electron chi connectivity index (χ4n) is 2.68. The van der Waals surface area contributed by atoms with Gasteiger partial charge in [0.1, 0.15) is 12.4 Å². The van der Waals surface area contributed by atoms with Crippen LogP contribution in [0.3, 0.4) is 0 Å². The van der Waals surface area contributed by atoms with Crippen LogP contribution < -0.4 is 27.2 Å². The minimum Gasteiger partial charge on any atom is -0.383 e. The number of aromatic amines is 1. The van der Waals surface area contributed by atoms with Crippen LogP contribution in [0.2, 0.25) is 0 Å². The molecule has 0 saturated heterocycles. The minimum absolute atomic E-state index is 0.0209. The Morgan fingerprint density at radius 3 is 2.62 bits per heavy atom. The van der Waals surface area contributed by atoms with Crippen LogP contribution in [0, 0.1) is 0 Å². The number of carbonyl (C=O) groups is 1. The molecule has 0 unspecified atom stereocenters. The van der Waals surface area contributed by atoms with Gasteiger partial charge < -0.3 is 16.0 Å². The molecular weight excluding hydrogens is 471 g/mol. The van der Waals surface area contributed by atoms with E-state index in [2.05, 4.69) is 20.5 Å². The number of hydrogen-bond donors (Lipinski definition) is 3. The first-order valence-electron chi connectivity index (χ1n) is 9.77. The highest BCUT2D eigenvalue weighted by Crippen LogP contribution is 2.27. The zero-order valence-electron chi connectivity index (χ0n) is 17.5. The highest BCUT2D eigenvalue weighted by molar-refractivity contribution is 8.01. The van der Waals surface area contributed by atoms with Gasteiger partial charge in [0.15, 0.2) is 10.0 Å². The maximum atomic E-state index is 12.9. The molecule has 0 bridgehead atoms. The van der Waals surface area contributed by atoms with Crippen LogP contribution in [0.15, 0.2) is 13.9 Å². The molecule has 0 aliphatic heterocycles. The highest BCUT2D eigenvalue weighted by Gasteiger charge is 2.27. The number of H-pyrrole nitrogens is 1. The van der Waals surface area contributed by atoms with E-state index in [-0.39, 0.29) is 39.8 Å². The molecule has 0 spiro atoms. The van der Waals surface area contributed by atoms with Crippen molar-refractivity contribution in [1.29, 1.82) is 0 Å². The van der Waals surface area contributed by atoms with Gasteiger partial charge in [-0.1, -0.05) is 43.4 Å². The number of amides is 1. The van der Waals surface area contributed by atoms with Gasteiger partial charge in [-0.15, -0.1) is 10.2 Å². The molecule has 0 saturated carbocycles. The van der Waals surface area contributed by atoms with Crippen molar-refractivity contribution in [2.45, 2.75) is 50.2 Å². The third-order valence-electron chi connectivity index (χ3n) is 4.13. The van der Waals surface area contributed by atoms with Crippen molar-refractivity contribution < 1.29 is 18.0 Å². The lowest BCUT2D eigenvalue weighted by Crippen LogP contribution is -2.42. The molecule has 0 fully saturated rings.